The van der Waals surface area contributed by atoms with Gasteiger partial charge in [-0.2, -0.15) is 0 Å². The van der Waals surface area contributed by atoms with Crippen molar-refractivity contribution in [3.8, 4) is 11.3 Å². The van der Waals surface area contributed by atoms with Crippen LogP contribution in [0.5, 0.6) is 0 Å². The molecule has 1 aromatic carbocycles. The fourth-order valence-electron chi connectivity index (χ4n) is 3.54. The van der Waals surface area contributed by atoms with Crippen LogP contribution in [0.25, 0.3) is 11.3 Å². The van der Waals surface area contributed by atoms with Gasteiger partial charge in [0.1, 0.15) is 0 Å². The van der Waals surface area contributed by atoms with Crippen LogP contribution < -0.4 is 16.0 Å². The normalized spacial score (nSPS) is 15.9. The molecule has 3 N–H and O–H groups in total. The van der Waals surface area contributed by atoms with Gasteiger partial charge in [-0.25, -0.2) is 4.98 Å². The molecule has 1 fully saturated rings. The molecule has 3 rings (SSSR count). The van der Waals surface area contributed by atoms with Crippen LogP contribution in [-0.2, 0) is 4.79 Å². The number of benzene rings is 1. The summed E-state index contributed by atoms with van der Waals surface area (Å²) >= 11 is 1.48. The van der Waals surface area contributed by atoms with E-state index in [0.29, 0.717) is 18.7 Å². The second-order valence-electron chi connectivity index (χ2n) is 7.80. The van der Waals surface area contributed by atoms with Crippen molar-refractivity contribution in [1.29, 1.82) is 0 Å². The predicted molar refractivity (Wildman–Crippen MR) is 126 cm³/mol. The average Bonchev–Trinajstić information content (AvgIpc) is 3.22. The second kappa shape index (κ2) is 11.1. The molecule has 8 heteroatoms. The third kappa shape index (κ3) is 6.63. The van der Waals surface area contributed by atoms with E-state index in [9.17, 15) is 9.59 Å². The molecule has 2 amide bonds. The molecule has 2 heterocycles. The minimum atomic E-state index is -0.0423. The lowest BCUT2D eigenvalue weighted by molar-refractivity contribution is -0.128. The summed E-state index contributed by atoms with van der Waals surface area (Å²) in [6, 6.07) is 7.70. The van der Waals surface area contributed by atoms with Crippen LogP contribution in [-0.4, -0.2) is 53.9 Å². The highest BCUT2D eigenvalue weighted by atomic mass is 32.1. The molecule has 1 aliphatic heterocycles. The molecule has 166 valence electrons. The van der Waals surface area contributed by atoms with E-state index in [1.165, 1.54) is 11.3 Å². The van der Waals surface area contributed by atoms with E-state index in [0.717, 1.165) is 54.4 Å². The molecule has 31 heavy (non-hydrogen) atoms. The first-order valence-electron chi connectivity index (χ1n) is 10.7. The van der Waals surface area contributed by atoms with Gasteiger partial charge in [0.2, 0.25) is 5.91 Å². The van der Waals surface area contributed by atoms with E-state index in [1.807, 2.05) is 36.6 Å². The molecule has 1 aromatic heterocycles. The van der Waals surface area contributed by atoms with Crippen molar-refractivity contribution < 1.29 is 9.59 Å². The van der Waals surface area contributed by atoms with E-state index < -0.39 is 0 Å². The number of anilines is 1. The number of carbonyl (C=O) groups excluding carboxylic acids is 2. The zero-order valence-corrected chi connectivity index (χ0v) is 19.1. The van der Waals surface area contributed by atoms with Crippen LogP contribution >= 0.6 is 11.3 Å². The highest BCUT2D eigenvalue weighted by molar-refractivity contribution is 7.14. The van der Waals surface area contributed by atoms with Crippen molar-refractivity contribution in [2.45, 2.75) is 39.2 Å². The SMILES string of the molecule is C=C(CN(CCC)C(C)=O)Nc1nc(-c2ccc(C(=O)NC3CCCNC3)cc2)cs1. The zero-order chi connectivity index (χ0) is 22.2. The van der Waals surface area contributed by atoms with Gasteiger partial charge in [0.05, 0.1) is 12.2 Å². The highest BCUT2D eigenvalue weighted by Gasteiger charge is 2.16. The van der Waals surface area contributed by atoms with Gasteiger partial charge in [-0.1, -0.05) is 25.6 Å². The molecule has 0 bridgehead atoms. The van der Waals surface area contributed by atoms with E-state index in [1.54, 1.807) is 11.8 Å². The summed E-state index contributed by atoms with van der Waals surface area (Å²) in [6.45, 7) is 10.6. The number of nitrogens with one attached hydrogen (secondary N) is 3. The Morgan fingerprint density at radius 1 is 1.32 bits per heavy atom. The maximum atomic E-state index is 12.5. The number of carbonyl (C=O) groups is 2. The molecular formula is C23H31N5O2S. The smallest absolute Gasteiger partial charge is 0.251 e. The monoisotopic (exact) mass is 441 g/mol. The lowest BCUT2D eigenvalue weighted by Gasteiger charge is -2.23. The molecule has 7 nitrogen and oxygen atoms in total. The minimum absolute atomic E-state index is 0.0357. The van der Waals surface area contributed by atoms with Gasteiger partial charge >= 0.3 is 0 Å². The Balaban J connectivity index is 1.57. The third-order valence-electron chi connectivity index (χ3n) is 5.18. The Hall–Kier alpha value is -2.71. The van der Waals surface area contributed by atoms with E-state index in [2.05, 4.69) is 27.5 Å². The van der Waals surface area contributed by atoms with Gasteiger partial charge in [0, 0.05) is 48.3 Å². The molecule has 1 unspecified atom stereocenters. The number of amides is 2. The lowest BCUT2D eigenvalue weighted by Crippen LogP contribution is -2.45. The molecule has 0 spiro atoms. The van der Waals surface area contributed by atoms with Crippen molar-refractivity contribution in [2.75, 3.05) is 31.5 Å². The van der Waals surface area contributed by atoms with Crippen LogP contribution in [0.2, 0.25) is 0 Å². The summed E-state index contributed by atoms with van der Waals surface area (Å²) in [5.74, 6) is -0.00667. The van der Waals surface area contributed by atoms with Gasteiger partial charge in [0.25, 0.3) is 5.91 Å². The Morgan fingerprint density at radius 2 is 2.10 bits per heavy atom. The number of rotatable bonds is 9. The molecular weight excluding hydrogens is 410 g/mol. The first kappa shape index (κ1) is 23.0. The average molecular weight is 442 g/mol. The first-order valence-corrected chi connectivity index (χ1v) is 11.6. The second-order valence-corrected chi connectivity index (χ2v) is 8.66. The number of nitrogens with zero attached hydrogens (tertiary/aromatic N) is 2. The number of hydrogen-bond acceptors (Lipinski definition) is 6. The summed E-state index contributed by atoms with van der Waals surface area (Å²) in [5.41, 5.74) is 3.16. The quantitative estimate of drug-likeness (QED) is 0.555. The summed E-state index contributed by atoms with van der Waals surface area (Å²) in [7, 11) is 0. The van der Waals surface area contributed by atoms with Gasteiger partial charge < -0.3 is 20.9 Å². The molecule has 0 saturated carbocycles. The Kier molecular flexibility index (Phi) is 8.20. The maximum Gasteiger partial charge on any atom is 0.251 e. The number of thiazole rings is 1. The first-order chi connectivity index (χ1) is 15.0. The van der Waals surface area contributed by atoms with Crippen molar-refractivity contribution in [1.82, 2.24) is 20.5 Å². The predicted octanol–water partition coefficient (Wildman–Crippen LogP) is 3.48. The molecule has 1 saturated heterocycles. The summed E-state index contributed by atoms with van der Waals surface area (Å²) < 4.78 is 0. The fraction of sp³-hybridized carbons (Fsp3) is 0.435. The lowest BCUT2D eigenvalue weighted by atomic mass is 10.1. The molecule has 1 aliphatic rings. The van der Waals surface area contributed by atoms with Crippen molar-refractivity contribution in [3.63, 3.8) is 0 Å². The van der Waals surface area contributed by atoms with E-state index >= 15 is 0 Å². The van der Waals surface area contributed by atoms with E-state index in [-0.39, 0.29) is 17.9 Å². The number of piperidine rings is 1. The van der Waals surface area contributed by atoms with Gasteiger partial charge in [-0.05, 0) is 37.9 Å². The van der Waals surface area contributed by atoms with Crippen molar-refractivity contribution in [2.24, 2.45) is 0 Å². The van der Waals surface area contributed by atoms with Gasteiger partial charge in [0.15, 0.2) is 5.13 Å². The van der Waals surface area contributed by atoms with Crippen LogP contribution in [0.3, 0.4) is 0 Å². The highest BCUT2D eigenvalue weighted by Crippen LogP contribution is 2.26. The van der Waals surface area contributed by atoms with Gasteiger partial charge in [-0.15, -0.1) is 11.3 Å². The maximum absolute atomic E-state index is 12.5. The molecule has 1 atom stereocenters. The summed E-state index contributed by atoms with van der Waals surface area (Å²) in [5, 5.41) is 12.3. The Morgan fingerprint density at radius 3 is 2.74 bits per heavy atom. The summed E-state index contributed by atoms with van der Waals surface area (Å²) in [6.07, 6.45) is 3.00. The molecule has 0 radical (unpaired) electrons. The number of hydrogen-bond donors (Lipinski definition) is 3. The standard InChI is InChI=1S/C23H31N5O2S/c1-4-12-28(17(3)29)14-16(2)25-23-27-21(15-31-23)18-7-9-19(10-8-18)22(30)26-20-6-5-11-24-13-20/h7-10,15,20,24H,2,4-6,11-14H2,1,3H3,(H,25,27)(H,26,30). The molecule has 0 aliphatic carbocycles. The fourth-order valence-corrected chi connectivity index (χ4v) is 4.31. The largest absolute Gasteiger partial charge is 0.348 e. The van der Waals surface area contributed by atoms with Gasteiger partial charge in [-0.3, -0.25) is 9.59 Å². The molecule has 2 aromatic rings. The number of aromatic nitrogens is 1. The zero-order valence-electron chi connectivity index (χ0n) is 18.2. The minimum Gasteiger partial charge on any atom is -0.348 e. The summed E-state index contributed by atoms with van der Waals surface area (Å²) in [4.78, 5) is 30.6. The third-order valence-corrected chi connectivity index (χ3v) is 5.94. The van der Waals surface area contributed by atoms with Crippen LogP contribution in [0.4, 0.5) is 5.13 Å². The van der Waals surface area contributed by atoms with Crippen LogP contribution in [0.15, 0.2) is 41.9 Å². The van der Waals surface area contributed by atoms with E-state index in [4.69, 9.17) is 0 Å². The van der Waals surface area contributed by atoms with Crippen LogP contribution in [0, 0.1) is 0 Å². The van der Waals surface area contributed by atoms with Crippen LogP contribution in [0.1, 0.15) is 43.5 Å². The Labute approximate surface area is 187 Å². The Bertz CT molecular complexity index is 903. The van der Waals surface area contributed by atoms with Crippen molar-refractivity contribution >= 4 is 28.3 Å². The van der Waals surface area contributed by atoms with Crippen molar-refractivity contribution in [3.05, 3.63) is 47.5 Å². The topological polar surface area (TPSA) is 86.4 Å².